The summed E-state index contributed by atoms with van der Waals surface area (Å²) in [5.74, 6) is 0.348. The number of hydrogen-bond donors (Lipinski definition) is 2. The van der Waals surface area contributed by atoms with Crippen LogP contribution in [0.4, 0.5) is 11.1 Å². The summed E-state index contributed by atoms with van der Waals surface area (Å²) >= 11 is 1.30. The number of aromatic nitrogens is 2. The SMILES string of the molecule is CCC(C)Nc1nc(N)ns1. The molecule has 4 nitrogen and oxygen atoms in total. The summed E-state index contributed by atoms with van der Waals surface area (Å²) < 4.78 is 3.85. The minimum absolute atomic E-state index is 0.348. The van der Waals surface area contributed by atoms with Crippen LogP contribution in [0.15, 0.2) is 0 Å². The fraction of sp³-hybridized carbons (Fsp3) is 0.667. The zero-order chi connectivity index (χ0) is 8.27. The van der Waals surface area contributed by atoms with Crippen molar-refractivity contribution in [3.05, 3.63) is 0 Å². The Bertz CT molecular complexity index is 222. The van der Waals surface area contributed by atoms with Gasteiger partial charge in [-0.3, -0.25) is 0 Å². The first-order valence-corrected chi connectivity index (χ1v) is 4.35. The van der Waals surface area contributed by atoms with Gasteiger partial charge in [-0.2, -0.15) is 9.36 Å². The highest BCUT2D eigenvalue weighted by molar-refractivity contribution is 7.09. The topological polar surface area (TPSA) is 63.8 Å². The van der Waals surface area contributed by atoms with Crippen LogP contribution < -0.4 is 11.1 Å². The summed E-state index contributed by atoms with van der Waals surface area (Å²) in [6.45, 7) is 4.21. The molecule has 0 aliphatic heterocycles. The lowest BCUT2D eigenvalue weighted by Crippen LogP contribution is -2.12. The second kappa shape index (κ2) is 3.52. The lowest BCUT2D eigenvalue weighted by atomic mass is 10.3. The molecule has 1 unspecified atom stereocenters. The van der Waals surface area contributed by atoms with Gasteiger partial charge in [0.25, 0.3) is 0 Å². The quantitative estimate of drug-likeness (QED) is 0.722. The van der Waals surface area contributed by atoms with E-state index < -0.39 is 0 Å². The van der Waals surface area contributed by atoms with Crippen LogP contribution in [-0.2, 0) is 0 Å². The van der Waals surface area contributed by atoms with E-state index in [0.29, 0.717) is 12.0 Å². The van der Waals surface area contributed by atoms with Gasteiger partial charge in [0.2, 0.25) is 11.1 Å². The predicted molar refractivity (Wildman–Crippen MR) is 47.7 cm³/mol. The number of anilines is 2. The predicted octanol–water partition coefficient (Wildman–Crippen LogP) is 1.33. The number of nitrogen functional groups attached to an aromatic ring is 1. The van der Waals surface area contributed by atoms with Crippen LogP contribution in [0.2, 0.25) is 0 Å². The van der Waals surface area contributed by atoms with Crippen LogP contribution in [-0.4, -0.2) is 15.4 Å². The van der Waals surface area contributed by atoms with E-state index in [-0.39, 0.29) is 0 Å². The van der Waals surface area contributed by atoms with Crippen molar-refractivity contribution in [3.8, 4) is 0 Å². The highest BCUT2D eigenvalue weighted by atomic mass is 32.1. The summed E-state index contributed by atoms with van der Waals surface area (Å²) in [6, 6.07) is 0.433. The van der Waals surface area contributed by atoms with Crippen LogP contribution >= 0.6 is 11.5 Å². The van der Waals surface area contributed by atoms with Gasteiger partial charge in [-0.1, -0.05) is 6.92 Å². The minimum Gasteiger partial charge on any atom is -0.367 e. The van der Waals surface area contributed by atoms with E-state index in [9.17, 15) is 0 Å². The van der Waals surface area contributed by atoms with Crippen molar-refractivity contribution < 1.29 is 0 Å². The molecule has 0 bridgehead atoms. The van der Waals surface area contributed by atoms with Gasteiger partial charge in [0.1, 0.15) is 0 Å². The van der Waals surface area contributed by atoms with Crippen LogP contribution in [0.1, 0.15) is 20.3 Å². The Morgan fingerprint density at radius 3 is 2.91 bits per heavy atom. The van der Waals surface area contributed by atoms with Crippen molar-refractivity contribution in [2.75, 3.05) is 11.1 Å². The number of hydrogen-bond acceptors (Lipinski definition) is 5. The van der Waals surface area contributed by atoms with Crippen molar-refractivity contribution in [2.24, 2.45) is 0 Å². The molecule has 0 radical (unpaired) electrons. The van der Waals surface area contributed by atoms with Crippen LogP contribution in [0, 0.1) is 0 Å². The number of rotatable bonds is 3. The molecule has 0 fully saturated rings. The summed E-state index contributed by atoms with van der Waals surface area (Å²) in [7, 11) is 0. The van der Waals surface area contributed by atoms with Crippen molar-refractivity contribution >= 4 is 22.6 Å². The fourth-order valence-electron chi connectivity index (χ4n) is 0.606. The standard InChI is InChI=1S/C6H12N4S/c1-3-4(2)8-6-9-5(7)10-11-6/h4H,3H2,1-2H3,(H3,7,8,9,10). The molecule has 1 heterocycles. The van der Waals surface area contributed by atoms with Crippen LogP contribution in [0.25, 0.3) is 0 Å². The Morgan fingerprint density at radius 1 is 1.73 bits per heavy atom. The molecule has 5 heteroatoms. The maximum absolute atomic E-state index is 5.34. The Kier molecular flexibility index (Phi) is 2.64. The maximum atomic E-state index is 5.34. The third-order valence-corrected chi connectivity index (χ3v) is 2.08. The van der Waals surface area contributed by atoms with Gasteiger partial charge in [0, 0.05) is 17.6 Å². The van der Waals surface area contributed by atoms with Crippen molar-refractivity contribution in [2.45, 2.75) is 26.3 Å². The summed E-state index contributed by atoms with van der Waals surface area (Å²) in [5.41, 5.74) is 5.34. The van der Waals surface area contributed by atoms with E-state index >= 15 is 0 Å². The lowest BCUT2D eigenvalue weighted by molar-refractivity contribution is 0.763. The van der Waals surface area contributed by atoms with E-state index in [1.807, 2.05) is 0 Å². The van der Waals surface area contributed by atoms with Crippen LogP contribution in [0.5, 0.6) is 0 Å². The molecule has 0 aliphatic rings. The van der Waals surface area contributed by atoms with Crippen molar-refractivity contribution in [1.29, 1.82) is 0 Å². The Hall–Kier alpha value is -0.840. The maximum Gasteiger partial charge on any atom is 0.233 e. The number of nitrogens with zero attached hydrogens (tertiary/aromatic N) is 2. The van der Waals surface area contributed by atoms with E-state index in [1.165, 1.54) is 11.5 Å². The highest BCUT2D eigenvalue weighted by Gasteiger charge is 2.02. The third kappa shape index (κ3) is 2.34. The molecule has 0 aliphatic carbocycles. The summed E-state index contributed by atoms with van der Waals surface area (Å²) in [5, 5.41) is 3.98. The molecule has 0 saturated heterocycles. The average Bonchev–Trinajstić information content (AvgIpc) is 2.35. The zero-order valence-electron chi connectivity index (χ0n) is 6.66. The van der Waals surface area contributed by atoms with Gasteiger partial charge in [-0.05, 0) is 13.3 Å². The smallest absolute Gasteiger partial charge is 0.233 e. The molecular formula is C6H12N4S. The van der Waals surface area contributed by atoms with E-state index in [0.717, 1.165) is 11.6 Å². The third-order valence-electron chi connectivity index (χ3n) is 1.42. The monoisotopic (exact) mass is 172 g/mol. The molecule has 0 aromatic carbocycles. The van der Waals surface area contributed by atoms with Gasteiger partial charge in [-0.25, -0.2) is 0 Å². The first-order chi connectivity index (χ1) is 5.22. The molecular weight excluding hydrogens is 160 g/mol. The van der Waals surface area contributed by atoms with Crippen molar-refractivity contribution in [1.82, 2.24) is 9.36 Å². The van der Waals surface area contributed by atoms with E-state index in [1.54, 1.807) is 0 Å². The molecule has 0 saturated carbocycles. The molecule has 62 valence electrons. The molecule has 11 heavy (non-hydrogen) atoms. The fourth-order valence-corrected chi connectivity index (χ4v) is 1.22. The normalized spacial score (nSPS) is 12.9. The molecule has 1 rings (SSSR count). The lowest BCUT2D eigenvalue weighted by Gasteiger charge is -2.07. The second-order valence-corrected chi connectivity index (χ2v) is 3.16. The van der Waals surface area contributed by atoms with Gasteiger partial charge in [0.05, 0.1) is 0 Å². The number of nitrogens with two attached hydrogens (primary N) is 1. The molecule has 1 aromatic heterocycles. The first-order valence-electron chi connectivity index (χ1n) is 3.58. The first kappa shape index (κ1) is 8.26. The molecule has 0 amide bonds. The Balaban J connectivity index is 2.50. The molecule has 1 aromatic rings. The van der Waals surface area contributed by atoms with Crippen molar-refractivity contribution in [3.63, 3.8) is 0 Å². The highest BCUT2D eigenvalue weighted by Crippen LogP contribution is 2.13. The largest absolute Gasteiger partial charge is 0.367 e. The van der Waals surface area contributed by atoms with Gasteiger partial charge < -0.3 is 11.1 Å². The second-order valence-electron chi connectivity index (χ2n) is 2.41. The van der Waals surface area contributed by atoms with Crippen LogP contribution in [0.3, 0.4) is 0 Å². The minimum atomic E-state index is 0.348. The number of nitrogens with one attached hydrogen (secondary N) is 1. The average molecular weight is 172 g/mol. The zero-order valence-corrected chi connectivity index (χ0v) is 7.48. The summed E-state index contributed by atoms with van der Waals surface area (Å²) in [4.78, 5) is 3.97. The Labute approximate surface area is 70.0 Å². The molecule has 0 spiro atoms. The van der Waals surface area contributed by atoms with E-state index in [4.69, 9.17) is 5.73 Å². The molecule has 3 N–H and O–H groups in total. The summed E-state index contributed by atoms with van der Waals surface area (Å²) in [6.07, 6.45) is 1.07. The molecule has 1 atom stereocenters. The van der Waals surface area contributed by atoms with E-state index in [2.05, 4.69) is 28.5 Å². The Morgan fingerprint density at radius 2 is 2.45 bits per heavy atom. The van der Waals surface area contributed by atoms with Gasteiger partial charge in [0.15, 0.2) is 0 Å². The van der Waals surface area contributed by atoms with Gasteiger partial charge in [-0.15, -0.1) is 0 Å². The van der Waals surface area contributed by atoms with Gasteiger partial charge >= 0.3 is 0 Å².